The molecule has 0 bridgehead atoms. The molecular formula is C66H44N4O. The third-order valence-electron chi connectivity index (χ3n) is 14.1. The van der Waals surface area contributed by atoms with Crippen molar-refractivity contribution in [2.75, 3.05) is 14.7 Å². The number of aromatic nitrogens is 1. The minimum absolute atomic E-state index is 0.853. The van der Waals surface area contributed by atoms with Crippen LogP contribution in [0.25, 0.3) is 71.6 Å². The van der Waals surface area contributed by atoms with Crippen molar-refractivity contribution >= 4 is 94.9 Å². The summed E-state index contributed by atoms with van der Waals surface area (Å²) in [7, 11) is 0. The van der Waals surface area contributed by atoms with Crippen LogP contribution in [0.5, 0.6) is 0 Å². The Morgan fingerprint density at radius 1 is 0.338 bits per heavy atom. The van der Waals surface area contributed by atoms with Crippen LogP contribution in [0.1, 0.15) is 0 Å². The van der Waals surface area contributed by atoms with Crippen molar-refractivity contribution in [3.63, 3.8) is 0 Å². The fourth-order valence-electron chi connectivity index (χ4n) is 11.0. The lowest BCUT2D eigenvalue weighted by atomic mass is 9.97. The number of hydrogen-bond donors (Lipinski definition) is 0. The summed E-state index contributed by atoms with van der Waals surface area (Å²) in [6.07, 6.45) is 0. The van der Waals surface area contributed by atoms with Crippen LogP contribution in [0, 0.1) is 0 Å². The SMILES string of the molecule is c1ccc(N2c3ccccc3N(c3ccccc3)c3c2c2c(-c4ccc(N(c5ccc(-c6cccc7ccccc67)cc5)c5cccc6oc7ccccc7c56)cc4)cccc2n3-c2ccccc2)cc1. The number of hydrogen-bond acceptors (Lipinski definition) is 4. The Kier molecular flexibility index (Phi) is 9.46. The second-order valence-electron chi connectivity index (χ2n) is 18.1. The number of nitrogens with zero attached hydrogens (tertiary/aromatic N) is 4. The zero-order valence-electron chi connectivity index (χ0n) is 38.6. The smallest absolute Gasteiger partial charge is 0.148 e. The van der Waals surface area contributed by atoms with E-state index in [1.165, 1.54) is 21.9 Å². The largest absolute Gasteiger partial charge is 0.456 e. The minimum atomic E-state index is 0.853. The van der Waals surface area contributed by atoms with Crippen molar-refractivity contribution < 1.29 is 4.42 Å². The second kappa shape index (κ2) is 16.6. The van der Waals surface area contributed by atoms with Crippen LogP contribution in [-0.4, -0.2) is 4.57 Å². The molecule has 1 aliphatic heterocycles. The van der Waals surface area contributed by atoms with Gasteiger partial charge in [-0.15, -0.1) is 0 Å². The van der Waals surface area contributed by atoms with Gasteiger partial charge in [-0.05, 0) is 130 Å². The molecule has 334 valence electrons. The summed E-state index contributed by atoms with van der Waals surface area (Å²) in [6.45, 7) is 0. The van der Waals surface area contributed by atoms with Crippen LogP contribution in [0.15, 0.2) is 271 Å². The molecule has 0 spiro atoms. The molecule has 0 saturated heterocycles. The van der Waals surface area contributed by atoms with E-state index in [1.807, 2.05) is 6.07 Å². The molecular weight excluding hydrogens is 865 g/mol. The van der Waals surface area contributed by atoms with Crippen LogP contribution < -0.4 is 14.7 Å². The molecule has 71 heavy (non-hydrogen) atoms. The Labute approximate surface area is 411 Å². The molecule has 11 aromatic carbocycles. The third kappa shape index (κ3) is 6.55. The summed E-state index contributed by atoms with van der Waals surface area (Å²) in [4.78, 5) is 7.28. The highest BCUT2D eigenvalue weighted by Gasteiger charge is 2.37. The highest BCUT2D eigenvalue weighted by molar-refractivity contribution is 6.18. The van der Waals surface area contributed by atoms with Gasteiger partial charge in [0.15, 0.2) is 0 Å². The van der Waals surface area contributed by atoms with Crippen LogP contribution in [-0.2, 0) is 0 Å². The van der Waals surface area contributed by atoms with Crippen molar-refractivity contribution in [2.24, 2.45) is 0 Å². The molecule has 3 heterocycles. The first-order valence-corrected chi connectivity index (χ1v) is 24.2. The maximum absolute atomic E-state index is 6.49. The van der Waals surface area contributed by atoms with Gasteiger partial charge in [0.2, 0.25) is 0 Å². The number of benzene rings is 11. The van der Waals surface area contributed by atoms with E-state index in [0.717, 1.165) is 101 Å². The van der Waals surface area contributed by atoms with Gasteiger partial charge < -0.3 is 14.2 Å². The van der Waals surface area contributed by atoms with Gasteiger partial charge >= 0.3 is 0 Å². The van der Waals surface area contributed by atoms with E-state index in [4.69, 9.17) is 4.42 Å². The Bertz CT molecular complexity index is 4100. The first-order chi connectivity index (χ1) is 35.3. The summed E-state index contributed by atoms with van der Waals surface area (Å²) in [5.74, 6) is 1.07. The highest BCUT2D eigenvalue weighted by Crippen LogP contribution is 2.59. The van der Waals surface area contributed by atoms with Gasteiger partial charge in [-0.25, -0.2) is 0 Å². The molecule has 0 atom stereocenters. The first-order valence-electron chi connectivity index (χ1n) is 24.2. The Morgan fingerprint density at radius 2 is 0.845 bits per heavy atom. The molecule has 13 aromatic rings. The van der Waals surface area contributed by atoms with E-state index in [0.29, 0.717) is 0 Å². The summed E-state index contributed by atoms with van der Waals surface area (Å²) < 4.78 is 8.94. The fourth-order valence-corrected chi connectivity index (χ4v) is 11.0. The normalized spacial score (nSPS) is 12.2. The van der Waals surface area contributed by atoms with E-state index < -0.39 is 0 Å². The van der Waals surface area contributed by atoms with E-state index >= 15 is 0 Å². The summed E-state index contributed by atoms with van der Waals surface area (Å²) in [6, 6.07) is 95.9. The van der Waals surface area contributed by atoms with Gasteiger partial charge in [0.25, 0.3) is 0 Å². The van der Waals surface area contributed by atoms with Gasteiger partial charge in [-0.1, -0.05) is 170 Å². The number of fused-ring (bicyclic) bond motifs is 8. The third-order valence-corrected chi connectivity index (χ3v) is 14.1. The predicted octanol–water partition coefficient (Wildman–Crippen LogP) is 18.7. The topological polar surface area (TPSA) is 27.8 Å². The number of furan rings is 1. The maximum Gasteiger partial charge on any atom is 0.148 e. The lowest BCUT2D eigenvalue weighted by molar-refractivity contribution is 0.669. The molecule has 0 fully saturated rings. The van der Waals surface area contributed by atoms with Crippen molar-refractivity contribution in [1.82, 2.24) is 4.57 Å². The summed E-state index contributed by atoms with van der Waals surface area (Å²) in [5.41, 5.74) is 17.2. The summed E-state index contributed by atoms with van der Waals surface area (Å²) >= 11 is 0. The molecule has 2 aromatic heterocycles. The quantitative estimate of drug-likeness (QED) is 0.152. The number of rotatable bonds is 8. The second-order valence-corrected chi connectivity index (χ2v) is 18.1. The van der Waals surface area contributed by atoms with E-state index in [9.17, 15) is 0 Å². The van der Waals surface area contributed by atoms with Gasteiger partial charge in [0, 0.05) is 39.2 Å². The maximum atomic E-state index is 6.49. The molecule has 0 aliphatic carbocycles. The first kappa shape index (κ1) is 40.5. The predicted molar refractivity (Wildman–Crippen MR) is 297 cm³/mol. The average Bonchev–Trinajstić information content (AvgIpc) is 4.00. The van der Waals surface area contributed by atoms with Crippen molar-refractivity contribution in [1.29, 1.82) is 0 Å². The Hall–Kier alpha value is -9.58. The number of anilines is 9. The highest BCUT2D eigenvalue weighted by atomic mass is 16.3. The molecule has 5 nitrogen and oxygen atoms in total. The van der Waals surface area contributed by atoms with Gasteiger partial charge in [-0.3, -0.25) is 9.47 Å². The van der Waals surface area contributed by atoms with Crippen LogP contribution in [0.4, 0.5) is 51.3 Å². The Morgan fingerprint density at radius 3 is 1.55 bits per heavy atom. The molecule has 1 aliphatic rings. The monoisotopic (exact) mass is 908 g/mol. The molecule has 0 radical (unpaired) electrons. The Balaban J connectivity index is 0.983. The van der Waals surface area contributed by atoms with Crippen LogP contribution >= 0.6 is 0 Å². The lowest BCUT2D eigenvalue weighted by Crippen LogP contribution is -2.25. The van der Waals surface area contributed by atoms with Crippen molar-refractivity contribution in [3.8, 4) is 27.9 Å². The van der Waals surface area contributed by atoms with Crippen molar-refractivity contribution in [2.45, 2.75) is 0 Å². The molecule has 0 saturated carbocycles. The van der Waals surface area contributed by atoms with Crippen LogP contribution in [0.2, 0.25) is 0 Å². The van der Waals surface area contributed by atoms with Crippen molar-refractivity contribution in [3.05, 3.63) is 267 Å². The number of para-hydroxylation sites is 6. The average molecular weight is 909 g/mol. The standard InChI is InChI=1S/C66H44N4O/c1-4-21-48(22-5-1)68-57-31-13-14-32-58(57)69(49-23-6-2-7-24-49)66-65(68)64-55(30-17-33-60(64)70(66)50-25-8-3-9-26-50)47-39-43-52(44-40-47)67(59-34-18-36-62-63(59)56-28-12-15-35-61(56)71-62)51-41-37-46(38-42-51)54-29-16-20-45-19-10-11-27-53(45)54/h1-44H. The van der Waals surface area contributed by atoms with Gasteiger partial charge in [0.05, 0.1) is 33.7 Å². The van der Waals surface area contributed by atoms with E-state index in [1.54, 1.807) is 0 Å². The fraction of sp³-hybridized carbons (Fsp3) is 0. The zero-order valence-corrected chi connectivity index (χ0v) is 38.6. The minimum Gasteiger partial charge on any atom is -0.456 e. The molecule has 0 N–H and O–H groups in total. The van der Waals surface area contributed by atoms with Crippen LogP contribution in [0.3, 0.4) is 0 Å². The lowest BCUT2D eigenvalue weighted by Gasteiger charge is -2.39. The molecule has 14 rings (SSSR count). The zero-order chi connectivity index (χ0) is 46.8. The van der Waals surface area contributed by atoms with Gasteiger partial charge in [-0.2, -0.15) is 0 Å². The summed E-state index contributed by atoms with van der Waals surface area (Å²) in [5, 5.41) is 5.79. The van der Waals surface area contributed by atoms with E-state index in [-0.39, 0.29) is 0 Å². The molecule has 5 heteroatoms. The molecule has 0 amide bonds. The van der Waals surface area contributed by atoms with E-state index in [2.05, 4.69) is 280 Å². The van der Waals surface area contributed by atoms with Gasteiger partial charge in [0.1, 0.15) is 17.0 Å². The molecule has 0 unspecified atom stereocenters.